The van der Waals surface area contributed by atoms with Crippen LogP contribution in [0.2, 0.25) is 0 Å². The summed E-state index contributed by atoms with van der Waals surface area (Å²) in [7, 11) is 0. The van der Waals surface area contributed by atoms with Gasteiger partial charge in [0.15, 0.2) is 0 Å². The molecule has 3 nitrogen and oxygen atoms in total. The van der Waals surface area contributed by atoms with E-state index in [0.29, 0.717) is 0 Å². The molecule has 1 heterocycles. The average Bonchev–Trinajstić information content (AvgIpc) is 2.91. The number of benzene rings is 3. The van der Waals surface area contributed by atoms with E-state index in [1.54, 1.807) is 0 Å². The molecule has 2 aliphatic rings. The van der Waals surface area contributed by atoms with Crippen LogP contribution in [0.15, 0.2) is 84.9 Å². The predicted molar refractivity (Wildman–Crippen MR) is 145 cm³/mol. The minimum Gasteiger partial charge on any atom is -0.381 e. The number of nitrogens with zero attached hydrogens (tertiary/aromatic N) is 2. The van der Waals surface area contributed by atoms with Gasteiger partial charge in [0.05, 0.1) is 0 Å². The zero-order valence-electron chi connectivity index (χ0n) is 20.6. The molecule has 0 bridgehead atoms. The Morgan fingerprint density at radius 2 is 1.47 bits per heavy atom. The van der Waals surface area contributed by atoms with Crippen LogP contribution in [0.1, 0.15) is 43.7 Å². The number of rotatable bonds is 7. The second-order valence-electron chi connectivity index (χ2n) is 10.5. The molecule has 3 aromatic rings. The van der Waals surface area contributed by atoms with Gasteiger partial charge in [-0.3, -0.25) is 4.90 Å². The zero-order valence-corrected chi connectivity index (χ0v) is 20.6. The molecule has 1 aliphatic heterocycles. The molecule has 1 saturated heterocycles. The molecule has 0 spiro atoms. The Labute approximate surface area is 205 Å². The molecule has 3 heteroatoms. The maximum Gasteiger partial charge on any atom is 0.0400 e. The Bertz CT molecular complexity index is 1020. The Balaban J connectivity index is 1.29. The number of para-hydroxylation sites is 1. The van der Waals surface area contributed by atoms with Crippen molar-refractivity contribution in [3.63, 3.8) is 0 Å². The predicted octanol–water partition coefficient (Wildman–Crippen LogP) is 6.57. The highest BCUT2D eigenvalue weighted by Crippen LogP contribution is 2.43. The van der Waals surface area contributed by atoms with Gasteiger partial charge in [-0.15, -0.1) is 0 Å². The lowest BCUT2D eigenvalue weighted by Gasteiger charge is -2.46. The normalized spacial score (nSPS) is 23.6. The van der Waals surface area contributed by atoms with E-state index in [2.05, 4.69) is 107 Å². The first kappa shape index (κ1) is 23.0. The van der Waals surface area contributed by atoms with Gasteiger partial charge in [0.25, 0.3) is 0 Å². The summed E-state index contributed by atoms with van der Waals surface area (Å²) in [6.45, 7) is 9.03. The molecule has 0 atom stereocenters. The third kappa shape index (κ3) is 5.47. The van der Waals surface area contributed by atoms with Gasteiger partial charge in [-0.25, -0.2) is 0 Å². The van der Waals surface area contributed by atoms with E-state index in [4.69, 9.17) is 0 Å². The second-order valence-corrected chi connectivity index (χ2v) is 10.5. The van der Waals surface area contributed by atoms with Crippen molar-refractivity contribution in [2.24, 2.45) is 5.92 Å². The molecule has 0 amide bonds. The van der Waals surface area contributed by atoms with Crippen LogP contribution in [0, 0.1) is 5.92 Å². The Morgan fingerprint density at radius 1 is 0.794 bits per heavy atom. The molecule has 34 heavy (non-hydrogen) atoms. The van der Waals surface area contributed by atoms with Gasteiger partial charge in [0.1, 0.15) is 0 Å². The van der Waals surface area contributed by atoms with Gasteiger partial charge in [0.2, 0.25) is 0 Å². The molecule has 0 radical (unpaired) electrons. The third-order valence-corrected chi connectivity index (χ3v) is 8.07. The molecular weight excluding hydrogens is 414 g/mol. The number of piperazine rings is 1. The lowest BCUT2D eigenvalue weighted by Crippen LogP contribution is -2.51. The van der Waals surface area contributed by atoms with Gasteiger partial charge in [-0.1, -0.05) is 67.6 Å². The number of hydrogen-bond acceptors (Lipinski definition) is 3. The van der Waals surface area contributed by atoms with E-state index in [1.165, 1.54) is 54.7 Å². The van der Waals surface area contributed by atoms with E-state index < -0.39 is 0 Å². The lowest BCUT2D eigenvalue weighted by molar-refractivity contribution is 0.145. The van der Waals surface area contributed by atoms with Crippen molar-refractivity contribution in [2.75, 3.05) is 42.9 Å². The lowest BCUT2D eigenvalue weighted by atomic mass is 9.66. The standard InChI is InChI=1S/C31H39N3/c1-26-15-17-31(18-16-26,25-33-19-21-34(22-20-33)30-13-6-3-7-14-30)28-11-8-12-29(23-28)32-24-27-9-4-2-5-10-27/h2-14,23,26,32H,15-22,24-25H2,1H3. The van der Waals surface area contributed by atoms with Crippen molar-refractivity contribution < 1.29 is 0 Å². The van der Waals surface area contributed by atoms with Crippen LogP contribution in [0.3, 0.4) is 0 Å². The zero-order chi connectivity index (χ0) is 23.2. The highest BCUT2D eigenvalue weighted by molar-refractivity contribution is 5.49. The van der Waals surface area contributed by atoms with Crippen molar-refractivity contribution in [2.45, 2.75) is 44.6 Å². The van der Waals surface area contributed by atoms with Crippen LogP contribution in [-0.4, -0.2) is 37.6 Å². The summed E-state index contributed by atoms with van der Waals surface area (Å²) in [5.41, 5.74) is 5.73. The Kier molecular flexibility index (Phi) is 7.20. The molecule has 2 fully saturated rings. The fourth-order valence-electron chi connectivity index (χ4n) is 5.84. The van der Waals surface area contributed by atoms with Crippen LogP contribution in [0.25, 0.3) is 0 Å². The molecule has 5 rings (SSSR count). The van der Waals surface area contributed by atoms with E-state index in [1.807, 2.05) is 0 Å². The van der Waals surface area contributed by atoms with Gasteiger partial charge in [-0.05, 0) is 67.0 Å². The van der Waals surface area contributed by atoms with E-state index >= 15 is 0 Å². The Morgan fingerprint density at radius 3 is 2.18 bits per heavy atom. The first-order valence-corrected chi connectivity index (χ1v) is 13.1. The van der Waals surface area contributed by atoms with E-state index in [0.717, 1.165) is 38.6 Å². The quantitative estimate of drug-likeness (QED) is 0.436. The SMILES string of the molecule is CC1CCC(CN2CCN(c3ccccc3)CC2)(c2cccc(NCc3ccccc3)c2)CC1. The van der Waals surface area contributed by atoms with Crippen molar-refractivity contribution in [1.82, 2.24) is 4.90 Å². The van der Waals surface area contributed by atoms with Crippen molar-refractivity contribution in [3.05, 3.63) is 96.1 Å². The molecule has 0 unspecified atom stereocenters. The Hall–Kier alpha value is -2.78. The summed E-state index contributed by atoms with van der Waals surface area (Å²) in [6.07, 6.45) is 5.28. The van der Waals surface area contributed by atoms with Gasteiger partial charge >= 0.3 is 0 Å². The first-order valence-electron chi connectivity index (χ1n) is 13.1. The highest BCUT2D eigenvalue weighted by atomic mass is 15.3. The van der Waals surface area contributed by atoms with Gasteiger partial charge < -0.3 is 10.2 Å². The monoisotopic (exact) mass is 453 g/mol. The van der Waals surface area contributed by atoms with Crippen molar-refractivity contribution >= 4 is 11.4 Å². The number of nitrogens with one attached hydrogen (secondary N) is 1. The molecule has 1 aliphatic carbocycles. The van der Waals surface area contributed by atoms with E-state index in [9.17, 15) is 0 Å². The number of hydrogen-bond donors (Lipinski definition) is 1. The van der Waals surface area contributed by atoms with E-state index in [-0.39, 0.29) is 5.41 Å². The van der Waals surface area contributed by atoms with Crippen molar-refractivity contribution in [1.29, 1.82) is 0 Å². The molecule has 3 aromatic carbocycles. The second kappa shape index (κ2) is 10.7. The summed E-state index contributed by atoms with van der Waals surface area (Å²) in [4.78, 5) is 5.28. The molecule has 1 saturated carbocycles. The largest absolute Gasteiger partial charge is 0.381 e. The number of anilines is 2. The van der Waals surface area contributed by atoms with Crippen molar-refractivity contribution in [3.8, 4) is 0 Å². The summed E-state index contributed by atoms with van der Waals surface area (Å²) in [5.74, 6) is 0.849. The highest BCUT2D eigenvalue weighted by Gasteiger charge is 2.38. The summed E-state index contributed by atoms with van der Waals surface area (Å²) < 4.78 is 0. The minimum atomic E-state index is 0.270. The molecule has 0 aromatic heterocycles. The summed E-state index contributed by atoms with van der Waals surface area (Å²) in [5, 5.41) is 3.67. The van der Waals surface area contributed by atoms with Gasteiger partial charge in [0, 0.05) is 56.1 Å². The summed E-state index contributed by atoms with van der Waals surface area (Å²) in [6, 6.07) is 30.9. The van der Waals surface area contributed by atoms with Crippen LogP contribution < -0.4 is 10.2 Å². The van der Waals surface area contributed by atoms with Crippen LogP contribution in [-0.2, 0) is 12.0 Å². The van der Waals surface area contributed by atoms with Crippen LogP contribution >= 0.6 is 0 Å². The van der Waals surface area contributed by atoms with Crippen LogP contribution in [0.4, 0.5) is 11.4 Å². The molecular formula is C31H39N3. The summed E-state index contributed by atoms with van der Waals surface area (Å²) >= 11 is 0. The fourth-order valence-corrected chi connectivity index (χ4v) is 5.84. The van der Waals surface area contributed by atoms with Gasteiger partial charge in [-0.2, -0.15) is 0 Å². The first-order chi connectivity index (χ1) is 16.7. The maximum absolute atomic E-state index is 3.67. The smallest absolute Gasteiger partial charge is 0.0400 e. The molecule has 1 N–H and O–H groups in total. The average molecular weight is 454 g/mol. The third-order valence-electron chi connectivity index (χ3n) is 8.07. The van der Waals surface area contributed by atoms with Crippen LogP contribution in [0.5, 0.6) is 0 Å². The fraction of sp³-hybridized carbons (Fsp3) is 0.419. The topological polar surface area (TPSA) is 18.5 Å². The molecule has 178 valence electrons. The maximum atomic E-state index is 3.67. The minimum absolute atomic E-state index is 0.270.